The Balaban J connectivity index is 1.96. The predicted octanol–water partition coefficient (Wildman–Crippen LogP) is 1.27. The zero-order valence-corrected chi connectivity index (χ0v) is 9.40. The minimum Gasteiger partial charge on any atom is -0.373 e. The van der Waals surface area contributed by atoms with E-state index in [0.29, 0.717) is 24.4 Å². The Morgan fingerprint density at radius 3 is 2.86 bits per heavy atom. The number of rotatable bonds is 2. The summed E-state index contributed by atoms with van der Waals surface area (Å²) >= 11 is 0. The molecule has 82 valence electrons. The van der Waals surface area contributed by atoms with Crippen molar-refractivity contribution >= 4 is 0 Å². The summed E-state index contributed by atoms with van der Waals surface area (Å²) in [5, 5.41) is 0. The number of ether oxygens (including phenoxy) is 2. The van der Waals surface area contributed by atoms with Gasteiger partial charge in [0.2, 0.25) is 0 Å². The van der Waals surface area contributed by atoms with Crippen molar-refractivity contribution < 1.29 is 9.47 Å². The van der Waals surface area contributed by atoms with Gasteiger partial charge in [0.05, 0.1) is 24.9 Å². The third-order valence-electron chi connectivity index (χ3n) is 3.26. The van der Waals surface area contributed by atoms with Gasteiger partial charge in [0.15, 0.2) is 0 Å². The molecular weight excluding hydrogens is 178 g/mol. The maximum absolute atomic E-state index is 5.88. The van der Waals surface area contributed by atoms with Crippen molar-refractivity contribution in [3.63, 3.8) is 0 Å². The lowest BCUT2D eigenvalue weighted by Gasteiger charge is -2.37. The van der Waals surface area contributed by atoms with E-state index in [-0.39, 0.29) is 0 Å². The van der Waals surface area contributed by atoms with Crippen molar-refractivity contribution in [2.45, 2.75) is 51.0 Å². The van der Waals surface area contributed by atoms with Crippen LogP contribution in [0.2, 0.25) is 0 Å². The molecule has 0 radical (unpaired) electrons. The van der Waals surface area contributed by atoms with Crippen molar-refractivity contribution in [2.24, 2.45) is 0 Å². The fraction of sp³-hybridized carbons (Fsp3) is 1.00. The lowest BCUT2D eigenvalue weighted by molar-refractivity contribution is -0.120. The summed E-state index contributed by atoms with van der Waals surface area (Å²) in [6.07, 6.45) is 3.32. The summed E-state index contributed by atoms with van der Waals surface area (Å²) in [5.74, 6) is 0. The lowest BCUT2D eigenvalue weighted by atomic mass is 10.1. The molecule has 3 unspecified atom stereocenters. The Morgan fingerprint density at radius 1 is 1.36 bits per heavy atom. The van der Waals surface area contributed by atoms with E-state index < -0.39 is 0 Å². The minimum atomic E-state index is 0.314. The van der Waals surface area contributed by atoms with E-state index in [1.54, 1.807) is 0 Å². The van der Waals surface area contributed by atoms with Gasteiger partial charge in [-0.25, -0.2) is 0 Å². The first-order chi connectivity index (χ1) is 6.68. The van der Waals surface area contributed by atoms with Gasteiger partial charge < -0.3 is 9.47 Å². The second kappa shape index (κ2) is 4.17. The number of nitrogens with zero attached hydrogens (tertiary/aromatic N) is 1. The average Bonchev–Trinajstić information content (AvgIpc) is 2.49. The zero-order chi connectivity index (χ0) is 10.1. The van der Waals surface area contributed by atoms with Crippen molar-refractivity contribution in [1.29, 1.82) is 0 Å². The molecule has 3 nitrogen and oxygen atoms in total. The SMILES string of the molecule is CC(C)OC1CCC2C1OCCN2C. The summed E-state index contributed by atoms with van der Waals surface area (Å²) in [4.78, 5) is 2.41. The molecule has 1 heterocycles. The molecule has 3 atom stereocenters. The van der Waals surface area contributed by atoms with E-state index >= 15 is 0 Å². The van der Waals surface area contributed by atoms with Crippen LogP contribution in [0.5, 0.6) is 0 Å². The predicted molar refractivity (Wildman–Crippen MR) is 55.4 cm³/mol. The van der Waals surface area contributed by atoms with E-state index in [0.717, 1.165) is 19.6 Å². The molecule has 3 heteroatoms. The van der Waals surface area contributed by atoms with Gasteiger partial charge in [0.1, 0.15) is 0 Å². The van der Waals surface area contributed by atoms with Crippen molar-refractivity contribution in [2.75, 3.05) is 20.2 Å². The molecule has 1 saturated carbocycles. The largest absolute Gasteiger partial charge is 0.373 e. The minimum absolute atomic E-state index is 0.314. The van der Waals surface area contributed by atoms with Crippen LogP contribution >= 0.6 is 0 Å². The van der Waals surface area contributed by atoms with Gasteiger partial charge in [-0.3, -0.25) is 4.90 Å². The average molecular weight is 199 g/mol. The monoisotopic (exact) mass is 199 g/mol. The van der Waals surface area contributed by atoms with Crippen LogP contribution < -0.4 is 0 Å². The molecule has 0 spiro atoms. The Hall–Kier alpha value is -0.120. The van der Waals surface area contributed by atoms with Crippen LogP contribution in [0.3, 0.4) is 0 Å². The Morgan fingerprint density at radius 2 is 2.14 bits per heavy atom. The lowest BCUT2D eigenvalue weighted by Crippen LogP contribution is -2.50. The zero-order valence-electron chi connectivity index (χ0n) is 9.40. The number of hydrogen-bond donors (Lipinski definition) is 0. The number of morpholine rings is 1. The number of hydrogen-bond acceptors (Lipinski definition) is 3. The highest BCUT2D eigenvalue weighted by Crippen LogP contribution is 2.31. The van der Waals surface area contributed by atoms with E-state index in [1.807, 2.05) is 0 Å². The van der Waals surface area contributed by atoms with E-state index in [9.17, 15) is 0 Å². The molecule has 0 aromatic carbocycles. The van der Waals surface area contributed by atoms with Gasteiger partial charge >= 0.3 is 0 Å². The molecule has 14 heavy (non-hydrogen) atoms. The molecule has 0 bridgehead atoms. The van der Waals surface area contributed by atoms with Crippen LogP contribution in [0.25, 0.3) is 0 Å². The first-order valence-corrected chi connectivity index (χ1v) is 5.66. The molecule has 1 aliphatic heterocycles. The Labute approximate surface area is 86.4 Å². The maximum atomic E-state index is 5.88. The fourth-order valence-corrected chi connectivity index (χ4v) is 2.59. The highest BCUT2D eigenvalue weighted by molar-refractivity contribution is 4.94. The van der Waals surface area contributed by atoms with Gasteiger partial charge in [0, 0.05) is 12.6 Å². The summed E-state index contributed by atoms with van der Waals surface area (Å²) in [6.45, 7) is 6.12. The first-order valence-electron chi connectivity index (χ1n) is 5.66. The standard InChI is InChI=1S/C11H21NO2/c1-8(2)14-10-5-4-9-11(10)13-7-6-12(9)3/h8-11H,4-7H2,1-3H3. The van der Waals surface area contributed by atoms with Gasteiger partial charge in [0.25, 0.3) is 0 Å². The topological polar surface area (TPSA) is 21.7 Å². The van der Waals surface area contributed by atoms with Crippen LogP contribution in [0.15, 0.2) is 0 Å². The van der Waals surface area contributed by atoms with Gasteiger partial charge in [-0.05, 0) is 33.7 Å². The number of fused-ring (bicyclic) bond motifs is 1. The highest BCUT2D eigenvalue weighted by atomic mass is 16.5. The summed E-state index contributed by atoms with van der Waals surface area (Å²) in [5.41, 5.74) is 0. The molecule has 0 aromatic heterocycles. The highest BCUT2D eigenvalue weighted by Gasteiger charge is 2.42. The fourth-order valence-electron chi connectivity index (χ4n) is 2.59. The molecule has 0 N–H and O–H groups in total. The second-order valence-corrected chi connectivity index (χ2v) is 4.68. The molecule has 1 saturated heterocycles. The van der Waals surface area contributed by atoms with Gasteiger partial charge in [-0.15, -0.1) is 0 Å². The molecule has 0 amide bonds. The van der Waals surface area contributed by atoms with Crippen LogP contribution in [-0.2, 0) is 9.47 Å². The second-order valence-electron chi connectivity index (χ2n) is 4.68. The molecule has 1 aliphatic carbocycles. The van der Waals surface area contributed by atoms with E-state index in [2.05, 4.69) is 25.8 Å². The van der Waals surface area contributed by atoms with Crippen molar-refractivity contribution in [3.8, 4) is 0 Å². The smallest absolute Gasteiger partial charge is 0.0991 e. The van der Waals surface area contributed by atoms with Gasteiger partial charge in [-0.2, -0.15) is 0 Å². The van der Waals surface area contributed by atoms with Crippen LogP contribution in [-0.4, -0.2) is 49.5 Å². The van der Waals surface area contributed by atoms with Crippen molar-refractivity contribution in [3.05, 3.63) is 0 Å². The summed E-state index contributed by atoms with van der Waals surface area (Å²) in [6, 6.07) is 0.590. The molecule has 2 aliphatic rings. The molecule has 0 aromatic rings. The third kappa shape index (κ3) is 1.95. The Kier molecular flexibility index (Phi) is 3.10. The molecule has 2 fully saturated rings. The molecular formula is C11H21NO2. The Bertz CT molecular complexity index is 196. The maximum Gasteiger partial charge on any atom is 0.0991 e. The quantitative estimate of drug-likeness (QED) is 0.668. The van der Waals surface area contributed by atoms with E-state index in [4.69, 9.17) is 9.47 Å². The summed E-state index contributed by atoms with van der Waals surface area (Å²) in [7, 11) is 2.19. The summed E-state index contributed by atoms with van der Waals surface area (Å²) < 4.78 is 11.7. The first kappa shape index (κ1) is 10.4. The molecule has 2 rings (SSSR count). The van der Waals surface area contributed by atoms with Gasteiger partial charge in [-0.1, -0.05) is 0 Å². The van der Waals surface area contributed by atoms with Crippen molar-refractivity contribution in [1.82, 2.24) is 4.90 Å². The van der Waals surface area contributed by atoms with E-state index in [1.165, 1.54) is 6.42 Å². The van der Waals surface area contributed by atoms with Crippen LogP contribution in [0, 0.1) is 0 Å². The van der Waals surface area contributed by atoms with Crippen LogP contribution in [0.4, 0.5) is 0 Å². The normalized spacial score (nSPS) is 39.0. The third-order valence-corrected chi connectivity index (χ3v) is 3.26. The number of likely N-dealkylation sites (N-methyl/N-ethyl adjacent to an activating group) is 1. The van der Waals surface area contributed by atoms with Crippen LogP contribution in [0.1, 0.15) is 26.7 Å².